The summed E-state index contributed by atoms with van der Waals surface area (Å²) in [6.45, 7) is 3.43. The molecule has 1 amide bonds. The summed E-state index contributed by atoms with van der Waals surface area (Å²) in [7, 11) is 0. The molecule has 2 aromatic rings. The number of amides is 1. The van der Waals surface area contributed by atoms with Gasteiger partial charge in [-0.25, -0.2) is 0 Å². The second kappa shape index (κ2) is 5.60. The normalized spacial score (nSPS) is 14.4. The number of carbonyl (C=O) groups is 1. The molecule has 0 saturated heterocycles. The third-order valence-electron chi connectivity index (χ3n) is 4.08. The molecule has 0 atom stereocenters. The Labute approximate surface area is 125 Å². The zero-order valence-corrected chi connectivity index (χ0v) is 12.3. The highest BCUT2D eigenvalue weighted by Crippen LogP contribution is 2.22. The fraction of sp³-hybridized carbons (Fsp3) is 0.278. The number of aryl methyl sites for hydroxylation is 2. The Bertz CT molecular complexity index is 679. The van der Waals surface area contributed by atoms with Gasteiger partial charge in [0.2, 0.25) is 0 Å². The van der Waals surface area contributed by atoms with E-state index in [9.17, 15) is 4.79 Å². The first-order chi connectivity index (χ1) is 10.1. The first-order valence-electron chi connectivity index (χ1n) is 7.37. The number of hydrogen-bond donors (Lipinski definition) is 1. The minimum atomic E-state index is 0.0351. The maximum absolute atomic E-state index is 12.8. The van der Waals surface area contributed by atoms with Gasteiger partial charge in [0.1, 0.15) is 0 Å². The Kier molecular flexibility index (Phi) is 3.65. The molecular weight excluding hydrogens is 260 g/mol. The Morgan fingerprint density at radius 1 is 1.14 bits per heavy atom. The lowest BCUT2D eigenvalue weighted by atomic mass is 10.0. The van der Waals surface area contributed by atoms with Crippen LogP contribution in [-0.2, 0) is 13.0 Å². The van der Waals surface area contributed by atoms with E-state index in [0.717, 1.165) is 24.9 Å². The van der Waals surface area contributed by atoms with E-state index < -0.39 is 0 Å². The molecule has 0 aromatic heterocycles. The Morgan fingerprint density at radius 2 is 1.90 bits per heavy atom. The van der Waals surface area contributed by atoms with Crippen molar-refractivity contribution in [1.29, 1.82) is 0 Å². The van der Waals surface area contributed by atoms with E-state index >= 15 is 0 Å². The fourth-order valence-corrected chi connectivity index (χ4v) is 2.90. The van der Waals surface area contributed by atoms with Crippen LogP contribution in [0.15, 0.2) is 42.5 Å². The van der Waals surface area contributed by atoms with Crippen LogP contribution in [0.5, 0.6) is 0 Å². The molecule has 0 radical (unpaired) electrons. The quantitative estimate of drug-likeness (QED) is 0.816. The van der Waals surface area contributed by atoms with Crippen molar-refractivity contribution >= 4 is 11.6 Å². The van der Waals surface area contributed by atoms with Crippen LogP contribution >= 0.6 is 0 Å². The first kappa shape index (κ1) is 13.7. The Morgan fingerprint density at radius 3 is 2.71 bits per heavy atom. The highest BCUT2D eigenvalue weighted by molar-refractivity contribution is 5.99. The largest absolute Gasteiger partial charge is 0.398 e. The fourth-order valence-electron chi connectivity index (χ4n) is 2.90. The molecule has 1 aliphatic rings. The predicted octanol–water partition coefficient (Wildman–Crippen LogP) is 3.17. The van der Waals surface area contributed by atoms with Crippen molar-refractivity contribution in [2.45, 2.75) is 26.3 Å². The summed E-state index contributed by atoms with van der Waals surface area (Å²) >= 11 is 0. The summed E-state index contributed by atoms with van der Waals surface area (Å²) in [5.74, 6) is 0.0351. The molecule has 0 fully saturated rings. The summed E-state index contributed by atoms with van der Waals surface area (Å²) in [6, 6.07) is 14.0. The van der Waals surface area contributed by atoms with Gasteiger partial charge in [0.15, 0.2) is 0 Å². The molecule has 21 heavy (non-hydrogen) atoms. The second-order valence-electron chi connectivity index (χ2n) is 5.69. The van der Waals surface area contributed by atoms with Crippen LogP contribution in [0.1, 0.15) is 33.5 Å². The van der Waals surface area contributed by atoms with E-state index in [0.29, 0.717) is 17.8 Å². The van der Waals surface area contributed by atoms with Gasteiger partial charge in [-0.1, -0.05) is 35.9 Å². The van der Waals surface area contributed by atoms with Crippen molar-refractivity contribution < 1.29 is 4.79 Å². The van der Waals surface area contributed by atoms with Crippen LogP contribution in [0, 0.1) is 6.92 Å². The lowest BCUT2D eigenvalue weighted by Crippen LogP contribution is -2.31. The first-order valence-corrected chi connectivity index (χ1v) is 7.37. The smallest absolute Gasteiger partial charge is 0.256 e. The summed E-state index contributed by atoms with van der Waals surface area (Å²) in [5.41, 5.74) is 10.8. The lowest BCUT2D eigenvalue weighted by Gasteiger charge is -2.22. The van der Waals surface area contributed by atoms with E-state index in [1.54, 1.807) is 0 Å². The van der Waals surface area contributed by atoms with Gasteiger partial charge in [-0.15, -0.1) is 0 Å². The van der Waals surface area contributed by atoms with Crippen molar-refractivity contribution in [2.24, 2.45) is 0 Å². The molecule has 0 spiro atoms. The predicted molar refractivity (Wildman–Crippen MR) is 85.1 cm³/mol. The van der Waals surface area contributed by atoms with E-state index in [-0.39, 0.29) is 5.91 Å². The summed E-state index contributed by atoms with van der Waals surface area (Å²) < 4.78 is 0. The van der Waals surface area contributed by atoms with Gasteiger partial charge >= 0.3 is 0 Å². The molecule has 1 aliphatic heterocycles. The third-order valence-corrected chi connectivity index (χ3v) is 4.08. The summed E-state index contributed by atoms with van der Waals surface area (Å²) in [4.78, 5) is 14.7. The maximum atomic E-state index is 12.8. The third kappa shape index (κ3) is 2.77. The monoisotopic (exact) mass is 280 g/mol. The molecule has 0 unspecified atom stereocenters. The number of nitrogens with two attached hydrogens (primary N) is 1. The van der Waals surface area contributed by atoms with Crippen LogP contribution in [0.25, 0.3) is 0 Å². The van der Waals surface area contributed by atoms with Gasteiger partial charge in [0.25, 0.3) is 5.91 Å². The highest BCUT2D eigenvalue weighted by atomic mass is 16.2. The molecule has 0 saturated carbocycles. The van der Waals surface area contributed by atoms with Crippen LogP contribution in [-0.4, -0.2) is 17.4 Å². The summed E-state index contributed by atoms with van der Waals surface area (Å²) in [6.07, 6.45) is 2.03. The van der Waals surface area contributed by atoms with E-state index in [4.69, 9.17) is 5.73 Å². The number of fused-ring (bicyclic) bond motifs is 1. The van der Waals surface area contributed by atoms with Crippen molar-refractivity contribution in [1.82, 2.24) is 4.90 Å². The van der Waals surface area contributed by atoms with Crippen LogP contribution < -0.4 is 5.73 Å². The van der Waals surface area contributed by atoms with Crippen molar-refractivity contribution in [2.75, 3.05) is 12.3 Å². The minimum Gasteiger partial charge on any atom is -0.398 e. The zero-order valence-electron chi connectivity index (χ0n) is 12.3. The van der Waals surface area contributed by atoms with Gasteiger partial charge in [0, 0.05) is 18.8 Å². The van der Waals surface area contributed by atoms with Crippen molar-refractivity contribution in [3.05, 3.63) is 64.7 Å². The standard InChI is InChI=1S/C18H20N2O/c1-13-8-9-17(19)16(11-13)18(21)20-10-4-7-14-5-2-3-6-15(14)12-20/h2-3,5-6,8-9,11H,4,7,10,12,19H2,1H3. The average molecular weight is 280 g/mol. The molecule has 2 aromatic carbocycles. The number of hydrogen-bond acceptors (Lipinski definition) is 2. The van der Waals surface area contributed by atoms with E-state index in [1.807, 2.05) is 36.1 Å². The molecule has 2 N–H and O–H groups in total. The molecule has 3 rings (SSSR count). The highest BCUT2D eigenvalue weighted by Gasteiger charge is 2.21. The van der Waals surface area contributed by atoms with E-state index in [2.05, 4.69) is 18.2 Å². The van der Waals surface area contributed by atoms with Crippen LogP contribution in [0.3, 0.4) is 0 Å². The van der Waals surface area contributed by atoms with Gasteiger partial charge in [-0.05, 0) is 43.0 Å². The minimum absolute atomic E-state index is 0.0351. The second-order valence-corrected chi connectivity index (χ2v) is 5.69. The number of carbonyl (C=O) groups excluding carboxylic acids is 1. The van der Waals surface area contributed by atoms with Gasteiger partial charge in [-0.2, -0.15) is 0 Å². The Hall–Kier alpha value is -2.29. The van der Waals surface area contributed by atoms with Crippen LogP contribution in [0.4, 0.5) is 5.69 Å². The Balaban J connectivity index is 1.90. The summed E-state index contributed by atoms with van der Waals surface area (Å²) in [5, 5.41) is 0. The number of anilines is 1. The zero-order chi connectivity index (χ0) is 14.8. The molecule has 0 aliphatic carbocycles. The molecule has 1 heterocycles. The average Bonchev–Trinajstić information content (AvgIpc) is 2.71. The van der Waals surface area contributed by atoms with Crippen LogP contribution in [0.2, 0.25) is 0 Å². The molecule has 108 valence electrons. The molecule has 3 heteroatoms. The number of nitrogens with zero attached hydrogens (tertiary/aromatic N) is 1. The molecule has 0 bridgehead atoms. The van der Waals surface area contributed by atoms with Gasteiger partial charge in [-0.3, -0.25) is 4.79 Å². The number of nitrogen functional groups attached to an aromatic ring is 1. The molecular formula is C18H20N2O. The van der Waals surface area contributed by atoms with Crippen molar-refractivity contribution in [3.8, 4) is 0 Å². The number of rotatable bonds is 1. The SMILES string of the molecule is Cc1ccc(N)c(C(=O)N2CCCc3ccccc3C2)c1. The van der Waals surface area contributed by atoms with Gasteiger partial charge < -0.3 is 10.6 Å². The lowest BCUT2D eigenvalue weighted by molar-refractivity contribution is 0.0747. The van der Waals surface area contributed by atoms with Crippen molar-refractivity contribution in [3.63, 3.8) is 0 Å². The maximum Gasteiger partial charge on any atom is 0.256 e. The number of benzene rings is 2. The topological polar surface area (TPSA) is 46.3 Å². The van der Waals surface area contributed by atoms with Gasteiger partial charge in [0.05, 0.1) is 5.56 Å². The molecule has 3 nitrogen and oxygen atoms in total. The van der Waals surface area contributed by atoms with E-state index in [1.165, 1.54) is 11.1 Å².